The lowest BCUT2D eigenvalue weighted by atomic mass is 10.1. The number of hydrogen-bond donors (Lipinski definition) is 1. The summed E-state index contributed by atoms with van der Waals surface area (Å²) in [7, 11) is -3.18. The van der Waals surface area contributed by atoms with Gasteiger partial charge in [0.2, 0.25) is 10.0 Å². The van der Waals surface area contributed by atoms with Crippen LogP contribution in [0.4, 0.5) is 5.69 Å². The SMILES string of the molecule is O=S(=O)(Nc1ccc2c(Br)cccc2c1)C1CC1. The average Bonchev–Trinajstić information content (AvgIpc) is 3.12. The Bertz CT molecular complexity index is 708. The van der Waals surface area contributed by atoms with Gasteiger partial charge in [0.1, 0.15) is 0 Å². The average molecular weight is 326 g/mol. The summed E-state index contributed by atoms with van der Waals surface area (Å²) in [4.78, 5) is 0. The number of sulfonamides is 1. The summed E-state index contributed by atoms with van der Waals surface area (Å²) in [5.74, 6) is 0. The van der Waals surface area contributed by atoms with Crippen LogP contribution in [0.25, 0.3) is 10.8 Å². The Labute approximate surface area is 114 Å². The first-order valence-corrected chi connectivity index (χ1v) is 8.10. The number of hydrogen-bond acceptors (Lipinski definition) is 2. The molecular weight excluding hydrogens is 314 g/mol. The second-order valence-corrected chi connectivity index (χ2v) is 7.34. The van der Waals surface area contributed by atoms with Gasteiger partial charge >= 0.3 is 0 Å². The minimum atomic E-state index is -3.18. The summed E-state index contributed by atoms with van der Waals surface area (Å²) < 4.78 is 27.3. The number of rotatable bonds is 3. The van der Waals surface area contributed by atoms with Crippen LogP contribution in [0.2, 0.25) is 0 Å². The topological polar surface area (TPSA) is 46.2 Å². The van der Waals surface area contributed by atoms with E-state index in [1.54, 1.807) is 6.07 Å². The summed E-state index contributed by atoms with van der Waals surface area (Å²) in [5.41, 5.74) is 0.632. The first-order chi connectivity index (χ1) is 8.56. The van der Waals surface area contributed by atoms with Gasteiger partial charge in [0.25, 0.3) is 0 Å². The zero-order valence-electron chi connectivity index (χ0n) is 9.56. The molecule has 1 N–H and O–H groups in total. The molecule has 2 aromatic rings. The van der Waals surface area contributed by atoms with Crippen molar-refractivity contribution in [2.24, 2.45) is 0 Å². The van der Waals surface area contributed by atoms with Crippen molar-refractivity contribution in [3.05, 3.63) is 40.9 Å². The number of anilines is 1. The molecule has 1 aliphatic carbocycles. The van der Waals surface area contributed by atoms with E-state index < -0.39 is 10.0 Å². The third-order valence-corrected chi connectivity index (χ3v) is 5.61. The lowest BCUT2D eigenvalue weighted by Crippen LogP contribution is -2.17. The Balaban J connectivity index is 1.99. The van der Waals surface area contributed by atoms with Crippen molar-refractivity contribution in [2.75, 3.05) is 4.72 Å². The van der Waals surface area contributed by atoms with Crippen molar-refractivity contribution in [2.45, 2.75) is 18.1 Å². The van der Waals surface area contributed by atoms with Gasteiger partial charge in [-0.05, 0) is 41.8 Å². The van der Waals surface area contributed by atoms with Crippen molar-refractivity contribution in [1.29, 1.82) is 0 Å². The van der Waals surface area contributed by atoms with Gasteiger partial charge in [0.15, 0.2) is 0 Å². The van der Waals surface area contributed by atoms with Gasteiger partial charge < -0.3 is 0 Å². The van der Waals surface area contributed by atoms with Crippen LogP contribution in [0.3, 0.4) is 0 Å². The van der Waals surface area contributed by atoms with E-state index in [-0.39, 0.29) is 5.25 Å². The molecule has 94 valence electrons. The van der Waals surface area contributed by atoms with Gasteiger partial charge in [-0.2, -0.15) is 0 Å². The quantitative estimate of drug-likeness (QED) is 0.938. The van der Waals surface area contributed by atoms with Gasteiger partial charge in [0.05, 0.1) is 5.25 Å². The zero-order chi connectivity index (χ0) is 12.8. The Morgan fingerprint density at radius 3 is 2.67 bits per heavy atom. The van der Waals surface area contributed by atoms with Gasteiger partial charge in [0, 0.05) is 10.2 Å². The van der Waals surface area contributed by atoms with Crippen LogP contribution in [0.5, 0.6) is 0 Å². The fourth-order valence-electron chi connectivity index (χ4n) is 1.93. The maximum absolute atomic E-state index is 11.8. The van der Waals surface area contributed by atoms with Crippen LogP contribution in [-0.2, 0) is 10.0 Å². The molecule has 3 rings (SSSR count). The van der Waals surface area contributed by atoms with E-state index in [0.29, 0.717) is 5.69 Å². The smallest absolute Gasteiger partial charge is 0.235 e. The highest BCUT2D eigenvalue weighted by molar-refractivity contribution is 9.10. The standard InChI is InChI=1S/C13H12BrNO2S/c14-13-3-1-2-9-8-10(4-7-12(9)13)15-18(16,17)11-5-6-11/h1-4,7-8,11,15H,5-6H2. The predicted octanol–water partition coefficient (Wildman–Crippen LogP) is 3.51. The second kappa shape index (κ2) is 4.24. The van der Waals surface area contributed by atoms with Crippen molar-refractivity contribution in [1.82, 2.24) is 0 Å². The molecule has 0 bridgehead atoms. The summed E-state index contributed by atoms with van der Waals surface area (Å²) >= 11 is 3.48. The van der Waals surface area contributed by atoms with Crippen LogP contribution in [0, 0.1) is 0 Å². The molecule has 0 spiro atoms. The van der Waals surface area contributed by atoms with Crippen molar-refractivity contribution >= 4 is 42.4 Å². The monoisotopic (exact) mass is 325 g/mol. The molecule has 18 heavy (non-hydrogen) atoms. The first kappa shape index (κ1) is 12.0. The lowest BCUT2D eigenvalue weighted by Gasteiger charge is -2.08. The van der Waals surface area contributed by atoms with Crippen LogP contribution in [-0.4, -0.2) is 13.7 Å². The molecule has 0 amide bonds. The maximum Gasteiger partial charge on any atom is 0.235 e. The minimum Gasteiger partial charge on any atom is -0.283 e. The number of halogens is 1. The molecule has 0 aromatic heterocycles. The van der Waals surface area contributed by atoms with E-state index in [9.17, 15) is 8.42 Å². The first-order valence-electron chi connectivity index (χ1n) is 5.76. The molecular formula is C13H12BrNO2S. The third-order valence-electron chi connectivity index (χ3n) is 3.05. The summed E-state index contributed by atoms with van der Waals surface area (Å²) in [6.45, 7) is 0. The molecule has 0 heterocycles. The fraction of sp³-hybridized carbons (Fsp3) is 0.231. The highest BCUT2D eigenvalue weighted by Gasteiger charge is 2.35. The van der Waals surface area contributed by atoms with Crippen LogP contribution >= 0.6 is 15.9 Å². The van der Waals surface area contributed by atoms with E-state index >= 15 is 0 Å². The second-order valence-electron chi connectivity index (χ2n) is 4.52. The number of benzene rings is 2. The number of fused-ring (bicyclic) bond motifs is 1. The van der Waals surface area contributed by atoms with Crippen LogP contribution in [0.15, 0.2) is 40.9 Å². The summed E-state index contributed by atoms with van der Waals surface area (Å²) in [6.07, 6.45) is 1.54. The normalized spacial score (nSPS) is 15.8. The Morgan fingerprint density at radius 2 is 1.94 bits per heavy atom. The van der Waals surface area contributed by atoms with E-state index in [4.69, 9.17) is 0 Å². The molecule has 5 heteroatoms. The molecule has 0 radical (unpaired) electrons. The lowest BCUT2D eigenvalue weighted by molar-refractivity contribution is 0.600. The summed E-state index contributed by atoms with van der Waals surface area (Å²) in [6, 6.07) is 11.5. The molecule has 1 aliphatic rings. The van der Waals surface area contributed by atoms with E-state index in [2.05, 4.69) is 20.7 Å². The zero-order valence-corrected chi connectivity index (χ0v) is 12.0. The van der Waals surface area contributed by atoms with Gasteiger partial charge in [-0.25, -0.2) is 8.42 Å². The van der Waals surface area contributed by atoms with Gasteiger partial charge in [-0.3, -0.25) is 4.72 Å². The van der Waals surface area contributed by atoms with Crippen LogP contribution in [0.1, 0.15) is 12.8 Å². The molecule has 1 saturated carbocycles. The van der Waals surface area contributed by atoms with Gasteiger partial charge in [-0.15, -0.1) is 0 Å². The van der Waals surface area contributed by atoms with Gasteiger partial charge in [-0.1, -0.05) is 34.1 Å². The molecule has 0 aliphatic heterocycles. The van der Waals surface area contributed by atoms with E-state index in [1.165, 1.54) is 0 Å². The van der Waals surface area contributed by atoms with E-state index in [0.717, 1.165) is 28.1 Å². The molecule has 0 atom stereocenters. The van der Waals surface area contributed by atoms with Crippen molar-refractivity contribution in [3.63, 3.8) is 0 Å². The number of nitrogens with one attached hydrogen (secondary N) is 1. The molecule has 0 saturated heterocycles. The van der Waals surface area contributed by atoms with E-state index in [1.807, 2.05) is 30.3 Å². The summed E-state index contributed by atoms with van der Waals surface area (Å²) in [5, 5.41) is 1.89. The molecule has 3 nitrogen and oxygen atoms in total. The van der Waals surface area contributed by atoms with Crippen molar-refractivity contribution < 1.29 is 8.42 Å². The Morgan fingerprint density at radius 1 is 1.17 bits per heavy atom. The van der Waals surface area contributed by atoms with Crippen LogP contribution < -0.4 is 4.72 Å². The highest BCUT2D eigenvalue weighted by atomic mass is 79.9. The maximum atomic E-state index is 11.8. The minimum absolute atomic E-state index is 0.198. The Kier molecular flexibility index (Phi) is 2.83. The third kappa shape index (κ3) is 2.24. The molecule has 0 unspecified atom stereocenters. The van der Waals surface area contributed by atoms with Crippen molar-refractivity contribution in [3.8, 4) is 0 Å². The molecule has 1 fully saturated rings. The largest absolute Gasteiger partial charge is 0.283 e. The Hall–Kier alpha value is -1.07. The predicted molar refractivity (Wildman–Crippen MR) is 77.2 cm³/mol. The fourth-order valence-corrected chi connectivity index (χ4v) is 3.83. The molecule has 2 aromatic carbocycles. The highest BCUT2D eigenvalue weighted by Crippen LogP contribution is 2.31.